The fourth-order valence-corrected chi connectivity index (χ4v) is 4.06. The van der Waals surface area contributed by atoms with E-state index in [2.05, 4.69) is 65.6 Å². The van der Waals surface area contributed by atoms with Crippen molar-refractivity contribution in [2.75, 3.05) is 0 Å². The second kappa shape index (κ2) is 4.99. The number of H-pyrrole nitrogens is 1. The van der Waals surface area contributed by atoms with Crippen molar-refractivity contribution in [2.45, 2.75) is 0 Å². The molecule has 4 aromatic carbocycles. The van der Waals surface area contributed by atoms with Crippen molar-refractivity contribution in [3.05, 3.63) is 84.9 Å². The third-order valence-electron chi connectivity index (χ3n) is 5.23. The molecule has 6 rings (SSSR count). The number of fused-ring (bicyclic) bond motifs is 9. The molecule has 0 bridgehead atoms. The summed E-state index contributed by atoms with van der Waals surface area (Å²) in [7, 11) is 0. The van der Waals surface area contributed by atoms with Crippen LogP contribution in [-0.2, 0) is 0 Å². The summed E-state index contributed by atoms with van der Waals surface area (Å²) in [4.78, 5) is 3.72. The van der Waals surface area contributed by atoms with Crippen molar-refractivity contribution in [3.63, 3.8) is 0 Å². The molecule has 2 nitrogen and oxygen atoms in total. The van der Waals surface area contributed by atoms with Gasteiger partial charge in [-0.2, -0.15) is 0 Å². The number of hydrogen-bond acceptors (Lipinski definition) is 1. The highest BCUT2D eigenvalue weighted by Gasteiger charge is 2.24. The second-order valence-electron chi connectivity index (χ2n) is 6.68. The molecule has 0 saturated heterocycles. The summed E-state index contributed by atoms with van der Waals surface area (Å²) in [6.45, 7) is 0. The van der Waals surface area contributed by atoms with Crippen LogP contribution < -0.4 is 4.74 Å². The van der Waals surface area contributed by atoms with E-state index >= 15 is 0 Å². The maximum atomic E-state index is 6.26. The van der Waals surface area contributed by atoms with Crippen LogP contribution in [0.5, 0.6) is 11.5 Å². The molecule has 0 spiro atoms. The van der Waals surface area contributed by atoms with Gasteiger partial charge in [0.1, 0.15) is 11.5 Å². The molecule has 2 heteroatoms. The van der Waals surface area contributed by atoms with Crippen LogP contribution in [0.4, 0.5) is 0 Å². The molecule has 0 amide bonds. The SMILES string of the molecule is c1ccc2c(c1)Oc1ccccc1-c1c-2[nH]c2c1ccc1ccccc12. The lowest BCUT2D eigenvalue weighted by molar-refractivity contribution is 0.487. The van der Waals surface area contributed by atoms with Crippen LogP contribution in [0.25, 0.3) is 44.1 Å². The molecule has 1 aliphatic rings. The Morgan fingerprint density at radius 1 is 0.577 bits per heavy atom. The van der Waals surface area contributed by atoms with Gasteiger partial charge >= 0.3 is 0 Å². The zero-order valence-electron chi connectivity index (χ0n) is 14.0. The van der Waals surface area contributed by atoms with Gasteiger partial charge in [0.15, 0.2) is 0 Å². The number of rotatable bonds is 0. The Balaban J connectivity index is 1.84. The quantitative estimate of drug-likeness (QED) is 0.326. The third kappa shape index (κ3) is 1.76. The second-order valence-corrected chi connectivity index (χ2v) is 6.68. The molecule has 5 aromatic rings. The van der Waals surface area contributed by atoms with Gasteiger partial charge in [0.05, 0.1) is 11.2 Å². The number of nitrogens with one attached hydrogen (secondary N) is 1. The topological polar surface area (TPSA) is 25.0 Å². The van der Waals surface area contributed by atoms with E-state index in [0.717, 1.165) is 28.3 Å². The van der Waals surface area contributed by atoms with Gasteiger partial charge < -0.3 is 9.72 Å². The summed E-state index contributed by atoms with van der Waals surface area (Å²) in [5.41, 5.74) is 5.74. The van der Waals surface area contributed by atoms with Crippen LogP contribution in [-0.4, -0.2) is 4.98 Å². The number of para-hydroxylation sites is 2. The van der Waals surface area contributed by atoms with Gasteiger partial charge in [-0.1, -0.05) is 66.7 Å². The number of hydrogen-bond donors (Lipinski definition) is 1. The Morgan fingerprint density at radius 2 is 1.27 bits per heavy atom. The van der Waals surface area contributed by atoms with E-state index in [0.29, 0.717) is 0 Å². The van der Waals surface area contributed by atoms with E-state index in [4.69, 9.17) is 4.74 Å². The summed E-state index contributed by atoms with van der Waals surface area (Å²) in [5, 5.41) is 3.72. The van der Waals surface area contributed by atoms with E-state index in [1.807, 2.05) is 24.3 Å². The Bertz CT molecular complexity index is 1310. The molecule has 1 aromatic heterocycles. The van der Waals surface area contributed by atoms with Crippen molar-refractivity contribution in [2.24, 2.45) is 0 Å². The van der Waals surface area contributed by atoms with Crippen molar-refractivity contribution in [3.8, 4) is 33.9 Å². The van der Waals surface area contributed by atoms with Crippen molar-refractivity contribution < 1.29 is 4.74 Å². The zero-order chi connectivity index (χ0) is 17.1. The first kappa shape index (κ1) is 13.7. The molecule has 1 N–H and O–H groups in total. The van der Waals surface area contributed by atoms with Gasteiger partial charge in [-0.3, -0.25) is 0 Å². The lowest BCUT2D eigenvalue weighted by atomic mass is 9.97. The highest BCUT2D eigenvalue weighted by molar-refractivity contribution is 6.15. The average molecular weight is 333 g/mol. The number of ether oxygens (including phenoxy) is 1. The smallest absolute Gasteiger partial charge is 0.136 e. The first-order chi connectivity index (χ1) is 12.9. The van der Waals surface area contributed by atoms with E-state index in [1.54, 1.807) is 0 Å². The van der Waals surface area contributed by atoms with Crippen LogP contribution in [0.2, 0.25) is 0 Å². The van der Waals surface area contributed by atoms with Gasteiger partial charge in [0.25, 0.3) is 0 Å². The first-order valence-electron chi connectivity index (χ1n) is 8.80. The molecular formula is C24H15NO. The molecule has 0 radical (unpaired) electrons. The van der Waals surface area contributed by atoms with E-state index in [-0.39, 0.29) is 0 Å². The van der Waals surface area contributed by atoms with Crippen LogP contribution in [0.1, 0.15) is 0 Å². The summed E-state index contributed by atoms with van der Waals surface area (Å²) in [6.07, 6.45) is 0. The maximum Gasteiger partial charge on any atom is 0.136 e. The van der Waals surface area contributed by atoms with E-state index in [9.17, 15) is 0 Å². The molecule has 0 aliphatic carbocycles. The Labute approximate surface area is 150 Å². The monoisotopic (exact) mass is 333 g/mol. The normalized spacial score (nSPS) is 12.2. The Morgan fingerprint density at radius 3 is 2.15 bits per heavy atom. The van der Waals surface area contributed by atoms with Crippen LogP contribution >= 0.6 is 0 Å². The van der Waals surface area contributed by atoms with Gasteiger partial charge in [0, 0.05) is 27.5 Å². The molecule has 0 saturated carbocycles. The molecule has 122 valence electrons. The number of aromatic nitrogens is 1. The van der Waals surface area contributed by atoms with Crippen molar-refractivity contribution >= 4 is 21.7 Å². The molecule has 0 atom stereocenters. The molecule has 0 fully saturated rings. The first-order valence-corrected chi connectivity index (χ1v) is 8.80. The average Bonchev–Trinajstić information content (AvgIpc) is 3.02. The van der Waals surface area contributed by atoms with Crippen molar-refractivity contribution in [1.29, 1.82) is 0 Å². The van der Waals surface area contributed by atoms with Gasteiger partial charge in [-0.15, -0.1) is 0 Å². The number of aromatic amines is 1. The number of benzene rings is 4. The summed E-state index contributed by atoms with van der Waals surface area (Å²) >= 11 is 0. The molecule has 2 heterocycles. The third-order valence-corrected chi connectivity index (χ3v) is 5.23. The summed E-state index contributed by atoms with van der Waals surface area (Å²) in [6, 6.07) is 29.5. The fraction of sp³-hybridized carbons (Fsp3) is 0. The van der Waals surface area contributed by atoms with Gasteiger partial charge in [-0.05, 0) is 23.6 Å². The van der Waals surface area contributed by atoms with E-state index in [1.165, 1.54) is 27.2 Å². The van der Waals surface area contributed by atoms with Crippen molar-refractivity contribution in [1.82, 2.24) is 4.98 Å². The van der Waals surface area contributed by atoms with E-state index < -0.39 is 0 Å². The predicted molar refractivity (Wildman–Crippen MR) is 107 cm³/mol. The minimum absolute atomic E-state index is 0.884. The lowest BCUT2D eigenvalue weighted by Gasteiger charge is -2.09. The maximum absolute atomic E-state index is 6.26. The lowest BCUT2D eigenvalue weighted by Crippen LogP contribution is -1.86. The minimum Gasteiger partial charge on any atom is -0.456 e. The Hall–Kier alpha value is -3.52. The molecule has 1 aliphatic heterocycles. The van der Waals surface area contributed by atoms with Gasteiger partial charge in [0.2, 0.25) is 0 Å². The summed E-state index contributed by atoms with van der Waals surface area (Å²) in [5.74, 6) is 1.78. The van der Waals surface area contributed by atoms with Crippen LogP contribution in [0.15, 0.2) is 84.9 Å². The van der Waals surface area contributed by atoms with Crippen LogP contribution in [0.3, 0.4) is 0 Å². The van der Waals surface area contributed by atoms with Gasteiger partial charge in [-0.25, -0.2) is 0 Å². The Kier molecular flexibility index (Phi) is 2.64. The zero-order valence-corrected chi connectivity index (χ0v) is 14.0. The fourth-order valence-electron chi connectivity index (χ4n) is 4.06. The largest absolute Gasteiger partial charge is 0.456 e. The highest BCUT2D eigenvalue weighted by atomic mass is 16.5. The summed E-state index contributed by atoms with van der Waals surface area (Å²) < 4.78 is 6.26. The standard InChI is InChI=1S/C24H15NO/c1-2-8-16-15(7-1)13-14-19-22-17-9-3-5-11-20(17)26-21-12-6-4-10-18(21)24(22)25-23(16)19/h1-14,25H. The molecular weight excluding hydrogens is 318 g/mol. The molecule has 0 unspecified atom stereocenters. The molecule has 26 heavy (non-hydrogen) atoms. The predicted octanol–water partition coefficient (Wildman–Crippen LogP) is 6.76. The highest BCUT2D eigenvalue weighted by Crippen LogP contribution is 2.49. The van der Waals surface area contributed by atoms with Crippen LogP contribution in [0, 0.1) is 0 Å². The minimum atomic E-state index is 0.884.